The molecular formula is C28H38O4P2. The molecule has 0 saturated heterocycles. The van der Waals surface area contributed by atoms with Crippen molar-refractivity contribution in [2.75, 3.05) is 7.11 Å². The lowest BCUT2D eigenvalue weighted by molar-refractivity contribution is 0.0586. The molecule has 2 aromatic carbocycles. The number of methoxy groups -OCH3 is 1. The summed E-state index contributed by atoms with van der Waals surface area (Å²) < 4.78 is 24.6. The number of allylic oxidation sites excluding steroid dienone is 3. The van der Waals surface area contributed by atoms with Crippen LogP contribution in [0.15, 0.2) is 66.4 Å². The molecule has 0 saturated carbocycles. The number of rotatable bonds is 10. The van der Waals surface area contributed by atoms with Crippen molar-refractivity contribution in [1.29, 1.82) is 0 Å². The highest BCUT2D eigenvalue weighted by atomic mass is 31.1. The zero-order valence-electron chi connectivity index (χ0n) is 21.4. The lowest BCUT2D eigenvalue weighted by Crippen LogP contribution is -2.41. The maximum absolute atomic E-state index is 6.56. The van der Waals surface area contributed by atoms with Gasteiger partial charge in [0, 0.05) is 22.2 Å². The van der Waals surface area contributed by atoms with Gasteiger partial charge in [-0.25, -0.2) is 0 Å². The molecular weight excluding hydrogens is 462 g/mol. The topological polar surface area (TPSA) is 36.9 Å². The maximum atomic E-state index is 6.56. The van der Waals surface area contributed by atoms with Crippen molar-refractivity contribution in [3.8, 4) is 17.2 Å². The summed E-state index contributed by atoms with van der Waals surface area (Å²) in [5, 5.41) is -0.528. The van der Waals surface area contributed by atoms with Gasteiger partial charge in [0.1, 0.15) is 31.8 Å². The molecule has 3 unspecified atom stereocenters. The molecule has 34 heavy (non-hydrogen) atoms. The average molecular weight is 501 g/mol. The summed E-state index contributed by atoms with van der Waals surface area (Å²) in [5.41, 5.74) is 2.52. The van der Waals surface area contributed by atoms with Crippen LogP contribution in [0.3, 0.4) is 0 Å². The Balaban J connectivity index is 1.81. The summed E-state index contributed by atoms with van der Waals surface area (Å²) in [6, 6.07) is 16.0. The third kappa shape index (κ3) is 6.77. The van der Waals surface area contributed by atoms with Gasteiger partial charge in [-0.1, -0.05) is 58.9 Å². The standard InChI is InChI=1S/C28H38O4P2/c1-20(2)33-31-25-14-10-8-12-23(25)24-13-9-11-15-26(24)32-34-28(6,27(3,4)5)30-22-18-16-21(29-7)17-19-22/h8,10,12-20,33-34H,9,11H2,1-7H3. The van der Waals surface area contributed by atoms with Crippen LogP contribution in [0.25, 0.3) is 5.57 Å². The van der Waals surface area contributed by atoms with Gasteiger partial charge in [0.25, 0.3) is 0 Å². The Morgan fingerprint density at radius 2 is 1.47 bits per heavy atom. The van der Waals surface area contributed by atoms with Gasteiger partial charge in [-0.15, -0.1) is 0 Å². The Morgan fingerprint density at radius 3 is 2.12 bits per heavy atom. The van der Waals surface area contributed by atoms with Crippen molar-refractivity contribution in [2.24, 2.45) is 5.41 Å². The fourth-order valence-corrected chi connectivity index (χ4v) is 4.81. The SMILES string of the molecule is COc1ccc(OC(C)(POC2=CCCC=C2c2ccccc2OPC(C)C)C(C)(C)C)cc1. The van der Waals surface area contributed by atoms with E-state index in [1.54, 1.807) is 7.11 Å². The van der Waals surface area contributed by atoms with E-state index in [1.807, 2.05) is 36.4 Å². The van der Waals surface area contributed by atoms with Gasteiger partial charge in [0.05, 0.1) is 15.9 Å². The molecule has 0 amide bonds. The molecule has 0 aromatic heterocycles. The van der Waals surface area contributed by atoms with E-state index < -0.39 is 5.34 Å². The van der Waals surface area contributed by atoms with Crippen LogP contribution in [0, 0.1) is 5.41 Å². The highest BCUT2D eigenvalue weighted by molar-refractivity contribution is 7.34. The van der Waals surface area contributed by atoms with Crippen LogP contribution < -0.4 is 14.0 Å². The normalized spacial score (nSPS) is 16.5. The van der Waals surface area contributed by atoms with Gasteiger partial charge in [0.2, 0.25) is 0 Å². The van der Waals surface area contributed by atoms with Gasteiger partial charge in [-0.05, 0) is 56.2 Å². The molecule has 0 aliphatic heterocycles. The smallest absolute Gasteiger partial charge is 0.162 e. The van der Waals surface area contributed by atoms with E-state index >= 15 is 0 Å². The Bertz CT molecular complexity index is 1010. The predicted octanol–water partition coefficient (Wildman–Crippen LogP) is 8.59. The van der Waals surface area contributed by atoms with Crippen molar-refractivity contribution >= 4 is 23.2 Å². The van der Waals surface area contributed by atoms with Crippen LogP contribution in [-0.4, -0.2) is 18.1 Å². The second-order valence-corrected chi connectivity index (χ2v) is 12.9. The zero-order valence-corrected chi connectivity index (χ0v) is 23.4. The quantitative estimate of drug-likeness (QED) is 0.306. The highest BCUT2D eigenvalue weighted by Gasteiger charge is 2.42. The first-order chi connectivity index (χ1) is 16.1. The van der Waals surface area contributed by atoms with Gasteiger partial charge >= 0.3 is 0 Å². The van der Waals surface area contributed by atoms with Crippen molar-refractivity contribution in [1.82, 2.24) is 0 Å². The van der Waals surface area contributed by atoms with E-state index in [4.69, 9.17) is 18.5 Å². The fourth-order valence-electron chi connectivity index (χ4n) is 3.31. The van der Waals surface area contributed by atoms with Crippen molar-refractivity contribution < 1.29 is 18.5 Å². The minimum atomic E-state index is -0.528. The molecule has 1 aliphatic carbocycles. The number of benzene rings is 2. The van der Waals surface area contributed by atoms with E-state index in [0.717, 1.165) is 47.0 Å². The fraction of sp³-hybridized carbons (Fsp3) is 0.429. The monoisotopic (exact) mass is 500 g/mol. The molecule has 3 atom stereocenters. The van der Waals surface area contributed by atoms with Gasteiger partial charge < -0.3 is 18.5 Å². The predicted molar refractivity (Wildman–Crippen MR) is 147 cm³/mol. The third-order valence-electron chi connectivity index (χ3n) is 5.86. The lowest BCUT2D eigenvalue weighted by atomic mass is 9.89. The van der Waals surface area contributed by atoms with Gasteiger partial charge in [0.15, 0.2) is 5.34 Å². The van der Waals surface area contributed by atoms with Crippen LogP contribution in [0.2, 0.25) is 0 Å². The Kier molecular flexibility index (Phi) is 9.07. The first kappa shape index (κ1) is 26.6. The molecule has 4 nitrogen and oxygen atoms in total. The summed E-state index contributed by atoms with van der Waals surface area (Å²) >= 11 is 0. The molecule has 0 heterocycles. The van der Waals surface area contributed by atoms with E-state index in [0.29, 0.717) is 14.5 Å². The van der Waals surface area contributed by atoms with Gasteiger partial charge in [-0.3, -0.25) is 0 Å². The van der Waals surface area contributed by atoms with Gasteiger partial charge in [-0.2, -0.15) is 0 Å². The molecule has 184 valence electrons. The number of hydrogen-bond acceptors (Lipinski definition) is 4. The van der Waals surface area contributed by atoms with E-state index in [2.05, 4.69) is 65.8 Å². The van der Waals surface area contributed by atoms with E-state index in [1.165, 1.54) is 0 Å². The van der Waals surface area contributed by atoms with Crippen LogP contribution in [-0.2, 0) is 4.52 Å². The van der Waals surface area contributed by atoms with Crippen LogP contribution >= 0.6 is 17.6 Å². The average Bonchev–Trinajstić information content (AvgIpc) is 2.81. The molecule has 0 bridgehead atoms. The summed E-state index contributed by atoms with van der Waals surface area (Å²) in [6.07, 6.45) is 6.41. The Morgan fingerprint density at radius 1 is 0.824 bits per heavy atom. The summed E-state index contributed by atoms with van der Waals surface area (Å²) in [5.74, 6) is 3.43. The first-order valence-electron chi connectivity index (χ1n) is 11.8. The molecule has 0 fully saturated rings. The lowest BCUT2D eigenvalue weighted by Gasteiger charge is -2.41. The number of para-hydroxylation sites is 1. The van der Waals surface area contributed by atoms with Crippen LogP contribution in [0.4, 0.5) is 0 Å². The van der Waals surface area contributed by atoms with Crippen molar-refractivity contribution in [2.45, 2.75) is 65.4 Å². The molecule has 6 heteroatoms. The molecule has 2 aromatic rings. The summed E-state index contributed by atoms with van der Waals surface area (Å²) in [6.45, 7) is 13.0. The van der Waals surface area contributed by atoms with Crippen LogP contribution in [0.5, 0.6) is 17.2 Å². The van der Waals surface area contributed by atoms with E-state index in [9.17, 15) is 0 Å². The summed E-state index contributed by atoms with van der Waals surface area (Å²) in [4.78, 5) is 0. The highest BCUT2D eigenvalue weighted by Crippen LogP contribution is 2.50. The molecule has 0 spiro atoms. The molecule has 3 rings (SSSR count). The second kappa shape index (κ2) is 11.6. The van der Waals surface area contributed by atoms with Crippen molar-refractivity contribution in [3.63, 3.8) is 0 Å². The van der Waals surface area contributed by atoms with Crippen LogP contribution in [0.1, 0.15) is 59.9 Å². The number of hydrogen-bond donors (Lipinski definition) is 0. The molecule has 0 radical (unpaired) electrons. The minimum Gasteiger partial charge on any atom is -0.497 e. The number of ether oxygens (including phenoxy) is 2. The van der Waals surface area contributed by atoms with E-state index in [-0.39, 0.29) is 14.2 Å². The van der Waals surface area contributed by atoms with Crippen molar-refractivity contribution in [3.05, 3.63) is 72.0 Å². The largest absolute Gasteiger partial charge is 0.497 e. The Labute approximate surface area is 208 Å². The third-order valence-corrected chi connectivity index (χ3v) is 8.23. The Hall–Kier alpha value is -2.02. The first-order valence-corrected chi connectivity index (χ1v) is 13.7. The maximum Gasteiger partial charge on any atom is 0.162 e. The molecule has 0 N–H and O–H groups in total. The molecule has 1 aliphatic rings. The zero-order chi connectivity index (χ0) is 24.8. The summed E-state index contributed by atoms with van der Waals surface area (Å²) in [7, 11) is 2.19. The minimum absolute atomic E-state index is 0.105. The second-order valence-electron chi connectivity index (χ2n) is 9.90.